The van der Waals surface area contributed by atoms with Gasteiger partial charge in [0.05, 0.1) is 0 Å². The fourth-order valence-corrected chi connectivity index (χ4v) is 1.93. The lowest BCUT2D eigenvalue weighted by Gasteiger charge is -2.06. The van der Waals surface area contributed by atoms with E-state index in [2.05, 4.69) is 15.5 Å². The number of fused-ring (bicyclic) bond motifs is 1. The summed E-state index contributed by atoms with van der Waals surface area (Å²) in [6.07, 6.45) is 0. The van der Waals surface area contributed by atoms with Gasteiger partial charge in [0.2, 0.25) is 0 Å². The Balaban J connectivity index is 1.87. The molecule has 2 aromatic carbocycles. The van der Waals surface area contributed by atoms with Crippen LogP contribution in [0.1, 0.15) is 10.5 Å². The van der Waals surface area contributed by atoms with Gasteiger partial charge in [0.1, 0.15) is 0 Å². The molecule has 0 amide bonds. The van der Waals surface area contributed by atoms with Crippen molar-refractivity contribution in [3.05, 3.63) is 60.3 Å². The average molecular weight is 265 g/mol. The Hall–Kier alpha value is -2.95. The van der Waals surface area contributed by atoms with Crippen LogP contribution < -0.4 is 5.32 Å². The highest BCUT2D eigenvalue weighted by molar-refractivity contribution is 5.87. The molecule has 0 aliphatic rings. The fourth-order valence-electron chi connectivity index (χ4n) is 1.93. The first kappa shape index (κ1) is 12.1. The molecule has 0 atom stereocenters. The van der Waals surface area contributed by atoms with E-state index in [1.54, 1.807) is 6.07 Å². The van der Waals surface area contributed by atoms with E-state index >= 15 is 0 Å². The topological polar surface area (TPSA) is 75.1 Å². The molecule has 1 aromatic heterocycles. The zero-order chi connectivity index (χ0) is 13.9. The van der Waals surface area contributed by atoms with Crippen LogP contribution in [0, 0.1) is 0 Å². The molecule has 5 nitrogen and oxygen atoms in total. The zero-order valence-corrected chi connectivity index (χ0v) is 10.4. The predicted octanol–water partition coefficient (Wildman–Crippen LogP) is 3.07. The highest BCUT2D eigenvalue weighted by Crippen LogP contribution is 2.21. The SMILES string of the molecule is O=C(O)c1ccc(Nc2ccc3ccccc3c2)nn1. The molecule has 0 radical (unpaired) electrons. The van der Waals surface area contributed by atoms with Gasteiger partial charge in [0.25, 0.3) is 0 Å². The third-order valence-electron chi connectivity index (χ3n) is 2.91. The van der Waals surface area contributed by atoms with Crippen molar-refractivity contribution >= 4 is 28.2 Å². The molecule has 98 valence electrons. The van der Waals surface area contributed by atoms with Gasteiger partial charge in [-0.3, -0.25) is 0 Å². The number of hydrogen-bond acceptors (Lipinski definition) is 4. The molecule has 5 heteroatoms. The Morgan fingerprint density at radius 1 is 0.950 bits per heavy atom. The van der Waals surface area contributed by atoms with Crippen molar-refractivity contribution in [1.82, 2.24) is 10.2 Å². The van der Waals surface area contributed by atoms with Crippen LogP contribution in [0.3, 0.4) is 0 Å². The van der Waals surface area contributed by atoms with Gasteiger partial charge in [0, 0.05) is 5.69 Å². The fraction of sp³-hybridized carbons (Fsp3) is 0. The molecular formula is C15H11N3O2. The van der Waals surface area contributed by atoms with Crippen LogP contribution in [0.2, 0.25) is 0 Å². The van der Waals surface area contributed by atoms with E-state index in [-0.39, 0.29) is 5.69 Å². The van der Waals surface area contributed by atoms with E-state index in [0.717, 1.165) is 16.5 Å². The predicted molar refractivity (Wildman–Crippen MR) is 76.2 cm³/mol. The van der Waals surface area contributed by atoms with E-state index in [9.17, 15) is 4.79 Å². The highest BCUT2D eigenvalue weighted by atomic mass is 16.4. The number of anilines is 2. The Labute approximate surface area is 114 Å². The number of hydrogen-bond donors (Lipinski definition) is 2. The average Bonchev–Trinajstić information content (AvgIpc) is 2.48. The second-order valence-corrected chi connectivity index (χ2v) is 4.30. The maximum absolute atomic E-state index is 10.7. The molecule has 0 bridgehead atoms. The van der Waals surface area contributed by atoms with Crippen LogP contribution in [0.4, 0.5) is 11.5 Å². The Bertz CT molecular complexity index is 769. The molecule has 0 aliphatic carbocycles. The van der Waals surface area contributed by atoms with Crippen molar-refractivity contribution in [3.8, 4) is 0 Å². The third kappa shape index (κ3) is 2.42. The first-order valence-corrected chi connectivity index (χ1v) is 6.05. The molecule has 0 spiro atoms. The summed E-state index contributed by atoms with van der Waals surface area (Å²) in [6, 6.07) is 17.0. The van der Waals surface area contributed by atoms with Crippen molar-refractivity contribution in [2.75, 3.05) is 5.32 Å². The minimum atomic E-state index is -1.09. The number of aromatic nitrogens is 2. The van der Waals surface area contributed by atoms with Gasteiger partial charge in [-0.25, -0.2) is 4.79 Å². The second-order valence-electron chi connectivity index (χ2n) is 4.30. The van der Waals surface area contributed by atoms with Gasteiger partial charge in [0.15, 0.2) is 11.5 Å². The minimum Gasteiger partial charge on any atom is -0.476 e. The van der Waals surface area contributed by atoms with Crippen LogP contribution in [-0.4, -0.2) is 21.3 Å². The number of nitrogens with zero attached hydrogens (tertiary/aromatic N) is 2. The van der Waals surface area contributed by atoms with E-state index in [4.69, 9.17) is 5.11 Å². The summed E-state index contributed by atoms with van der Waals surface area (Å²) in [5.74, 6) is -0.583. The maximum Gasteiger partial charge on any atom is 0.356 e. The lowest BCUT2D eigenvalue weighted by atomic mass is 10.1. The monoisotopic (exact) mass is 265 g/mol. The number of nitrogens with one attached hydrogen (secondary N) is 1. The van der Waals surface area contributed by atoms with Crippen LogP contribution in [-0.2, 0) is 0 Å². The molecule has 20 heavy (non-hydrogen) atoms. The van der Waals surface area contributed by atoms with E-state index in [1.807, 2.05) is 42.5 Å². The molecule has 0 aliphatic heterocycles. The Kier molecular flexibility index (Phi) is 3.01. The van der Waals surface area contributed by atoms with Crippen LogP contribution >= 0.6 is 0 Å². The summed E-state index contributed by atoms with van der Waals surface area (Å²) in [7, 11) is 0. The Morgan fingerprint density at radius 2 is 1.75 bits per heavy atom. The third-order valence-corrected chi connectivity index (χ3v) is 2.91. The van der Waals surface area contributed by atoms with Crippen molar-refractivity contribution in [2.24, 2.45) is 0 Å². The van der Waals surface area contributed by atoms with Crippen molar-refractivity contribution < 1.29 is 9.90 Å². The van der Waals surface area contributed by atoms with Crippen LogP contribution in [0.25, 0.3) is 10.8 Å². The number of benzene rings is 2. The molecule has 3 aromatic rings. The van der Waals surface area contributed by atoms with Gasteiger partial charge in [-0.2, -0.15) is 0 Å². The summed E-state index contributed by atoms with van der Waals surface area (Å²) in [5.41, 5.74) is 0.801. The number of rotatable bonds is 3. The summed E-state index contributed by atoms with van der Waals surface area (Å²) >= 11 is 0. The lowest BCUT2D eigenvalue weighted by molar-refractivity contribution is 0.0689. The quantitative estimate of drug-likeness (QED) is 0.761. The highest BCUT2D eigenvalue weighted by Gasteiger charge is 2.05. The van der Waals surface area contributed by atoms with E-state index in [0.29, 0.717) is 5.82 Å². The lowest BCUT2D eigenvalue weighted by Crippen LogP contribution is -2.03. The van der Waals surface area contributed by atoms with Crippen LogP contribution in [0.15, 0.2) is 54.6 Å². The van der Waals surface area contributed by atoms with Crippen molar-refractivity contribution in [1.29, 1.82) is 0 Å². The number of aromatic carboxylic acids is 1. The Morgan fingerprint density at radius 3 is 2.45 bits per heavy atom. The zero-order valence-electron chi connectivity index (χ0n) is 10.4. The molecule has 2 N–H and O–H groups in total. The molecule has 1 heterocycles. The molecule has 0 unspecified atom stereocenters. The number of carboxylic acids is 1. The van der Waals surface area contributed by atoms with E-state index < -0.39 is 5.97 Å². The van der Waals surface area contributed by atoms with Gasteiger partial charge in [-0.05, 0) is 35.0 Å². The normalized spacial score (nSPS) is 10.4. The summed E-state index contributed by atoms with van der Waals surface area (Å²) in [4.78, 5) is 10.7. The molecule has 3 rings (SSSR count). The van der Waals surface area contributed by atoms with Gasteiger partial charge in [-0.15, -0.1) is 10.2 Å². The summed E-state index contributed by atoms with van der Waals surface area (Å²) < 4.78 is 0. The first-order valence-electron chi connectivity index (χ1n) is 6.05. The maximum atomic E-state index is 10.7. The molecule has 0 saturated heterocycles. The molecule has 0 fully saturated rings. The number of carbonyl (C=O) groups is 1. The van der Waals surface area contributed by atoms with Gasteiger partial charge < -0.3 is 10.4 Å². The minimum absolute atomic E-state index is 0.0749. The van der Waals surface area contributed by atoms with Crippen molar-refractivity contribution in [2.45, 2.75) is 0 Å². The van der Waals surface area contributed by atoms with Crippen molar-refractivity contribution in [3.63, 3.8) is 0 Å². The summed E-state index contributed by atoms with van der Waals surface area (Å²) in [5, 5.41) is 21.6. The molecule has 0 saturated carbocycles. The molecular weight excluding hydrogens is 254 g/mol. The van der Waals surface area contributed by atoms with E-state index in [1.165, 1.54) is 6.07 Å². The summed E-state index contributed by atoms with van der Waals surface area (Å²) in [6.45, 7) is 0. The largest absolute Gasteiger partial charge is 0.476 e. The standard InChI is InChI=1S/C15H11N3O2/c19-15(20)13-7-8-14(18-17-13)16-12-6-5-10-3-1-2-4-11(10)9-12/h1-9H,(H,16,18)(H,19,20). The number of carboxylic acid groups (broad SMARTS) is 1. The van der Waals surface area contributed by atoms with Crippen LogP contribution in [0.5, 0.6) is 0 Å². The second kappa shape index (κ2) is 4.97. The smallest absolute Gasteiger partial charge is 0.356 e. The first-order chi connectivity index (χ1) is 9.72. The van der Waals surface area contributed by atoms with Gasteiger partial charge >= 0.3 is 5.97 Å². The van der Waals surface area contributed by atoms with Gasteiger partial charge in [-0.1, -0.05) is 30.3 Å².